The van der Waals surface area contributed by atoms with E-state index in [-0.39, 0.29) is 29.6 Å². The van der Waals surface area contributed by atoms with E-state index in [9.17, 15) is 9.59 Å². The predicted molar refractivity (Wildman–Crippen MR) is 196 cm³/mol. The number of fused-ring (bicyclic) bond motifs is 2. The largest absolute Gasteiger partial charge is 0.493 e. The van der Waals surface area contributed by atoms with Crippen LogP contribution >= 0.6 is 0 Å². The summed E-state index contributed by atoms with van der Waals surface area (Å²) in [5.41, 5.74) is 5.26. The van der Waals surface area contributed by atoms with Crippen LogP contribution in [0, 0.1) is 12.8 Å². The molecule has 2 aliphatic heterocycles. The summed E-state index contributed by atoms with van der Waals surface area (Å²) in [6.07, 6.45) is 4.83. The maximum absolute atomic E-state index is 13.5. The van der Waals surface area contributed by atoms with Gasteiger partial charge in [0, 0.05) is 41.4 Å². The molecular weight excluding hydrogens is 632 g/mol. The predicted octanol–water partition coefficient (Wildman–Crippen LogP) is 8.17. The Morgan fingerprint density at radius 3 is 1.98 bits per heavy atom. The third kappa shape index (κ3) is 7.51. The van der Waals surface area contributed by atoms with Gasteiger partial charge in [-0.2, -0.15) is 5.10 Å². The number of rotatable bonds is 9. The summed E-state index contributed by atoms with van der Waals surface area (Å²) >= 11 is 0. The van der Waals surface area contributed by atoms with E-state index >= 15 is 0 Å². The highest BCUT2D eigenvalue weighted by Gasteiger charge is 2.43. The summed E-state index contributed by atoms with van der Waals surface area (Å²) in [6.45, 7) is 8.35. The van der Waals surface area contributed by atoms with Crippen LogP contribution in [0.15, 0.2) is 66.7 Å². The number of urea groups is 2. The number of aromatic nitrogens is 2. The van der Waals surface area contributed by atoms with Crippen molar-refractivity contribution in [3.8, 4) is 22.9 Å². The van der Waals surface area contributed by atoms with Crippen LogP contribution < -0.4 is 30.2 Å². The van der Waals surface area contributed by atoms with Crippen molar-refractivity contribution in [3.05, 3.63) is 83.6 Å². The topological polar surface area (TPSA) is 119 Å². The van der Waals surface area contributed by atoms with Crippen molar-refractivity contribution < 1.29 is 23.8 Å². The zero-order chi connectivity index (χ0) is 35.6. The minimum Gasteiger partial charge on any atom is -0.493 e. The van der Waals surface area contributed by atoms with Crippen molar-refractivity contribution >= 4 is 29.3 Å². The Bertz CT molecular complexity index is 1790. The Hall–Kier alpha value is -5.19. The van der Waals surface area contributed by atoms with E-state index in [0.29, 0.717) is 40.4 Å². The van der Waals surface area contributed by atoms with E-state index in [1.807, 2.05) is 54.3 Å². The van der Waals surface area contributed by atoms with Crippen molar-refractivity contribution in [2.24, 2.45) is 5.92 Å². The molecule has 4 aromatic rings. The molecule has 3 aromatic carbocycles. The maximum Gasteiger partial charge on any atom is 0.324 e. The molecule has 0 aliphatic carbocycles. The van der Waals surface area contributed by atoms with Gasteiger partial charge in [-0.25, -0.2) is 14.3 Å². The number of carbonyl (C=O) groups excluding carboxylic acids is 2. The van der Waals surface area contributed by atoms with Crippen molar-refractivity contribution in [1.29, 1.82) is 0 Å². The Balaban J connectivity index is 1.05. The summed E-state index contributed by atoms with van der Waals surface area (Å²) in [5, 5.41) is 13.8. The highest BCUT2D eigenvalue weighted by molar-refractivity contribution is 5.99. The molecule has 11 heteroatoms. The SMILES string of the molecule is COc1cc(NC(=O)N2C3CCC2CC(Cc2ccc(NC(=O)Nc4cc(C(C)(C)C)nn4-c4ccc(C)cc4)cc2)C3)cc(OC)c1OC. The lowest BCUT2D eigenvalue weighted by Gasteiger charge is -2.39. The number of methoxy groups -OCH3 is 3. The highest BCUT2D eigenvalue weighted by Crippen LogP contribution is 2.42. The number of hydrogen-bond donors (Lipinski definition) is 3. The van der Waals surface area contributed by atoms with Crippen molar-refractivity contribution in [1.82, 2.24) is 14.7 Å². The number of carbonyl (C=O) groups is 2. The first-order valence-corrected chi connectivity index (χ1v) is 17.2. The average Bonchev–Trinajstić information content (AvgIpc) is 3.63. The summed E-state index contributed by atoms with van der Waals surface area (Å²) < 4.78 is 18.1. The Morgan fingerprint density at radius 2 is 1.42 bits per heavy atom. The van der Waals surface area contributed by atoms with Gasteiger partial charge in [0.15, 0.2) is 11.5 Å². The van der Waals surface area contributed by atoms with Crippen molar-refractivity contribution in [3.63, 3.8) is 0 Å². The number of nitrogens with one attached hydrogen (secondary N) is 3. The van der Waals surface area contributed by atoms with E-state index in [4.69, 9.17) is 19.3 Å². The first kappa shape index (κ1) is 34.7. The van der Waals surface area contributed by atoms with Crippen LogP contribution in [0.4, 0.5) is 26.8 Å². The molecule has 3 N–H and O–H groups in total. The first-order valence-electron chi connectivity index (χ1n) is 17.2. The standard InChI is InChI=1S/C39H48N6O5/c1-24-8-14-29(15-9-24)45-35(23-34(43-45)39(2,3)4)42-37(46)40-27-12-10-25(11-13-27)18-26-19-30-16-17-31(20-26)44(30)38(47)41-28-21-32(48-5)36(50-7)33(22-28)49-6/h8-15,21-23,26,30-31H,16-20H2,1-7H3,(H,41,47)(H2,40,42,46). The normalized spacial score (nSPS) is 18.4. The molecule has 3 heterocycles. The minimum absolute atomic E-state index is 0.101. The number of anilines is 3. The second-order valence-corrected chi connectivity index (χ2v) is 14.4. The first-order chi connectivity index (χ1) is 23.9. The molecule has 0 saturated carbocycles. The second-order valence-electron chi connectivity index (χ2n) is 14.4. The molecule has 11 nitrogen and oxygen atoms in total. The van der Waals surface area contributed by atoms with Crippen LogP contribution in [0.25, 0.3) is 5.69 Å². The fourth-order valence-corrected chi connectivity index (χ4v) is 7.18. The molecule has 2 atom stereocenters. The van der Waals surface area contributed by atoms with Gasteiger partial charge in [-0.3, -0.25) is 5.32 Å². The smallest absolute Gasteiger partial charge is 0.324 e. The van der Waals surface area contributed by atoms with Gasteiger partial charge in [-0.15, -0.1) is 0 Å². The van der Waals surface area contributed by atoms with Gasteiger partial charge in [0.2, 0.25) is 5.75 Å². The van der Waals surface area contributed by atoms with Gasteiger partial charge in [0.05, 0.1) is 38.4 Å². The molecule has 4 amide bonds. The second kappa shape index (κ2) is 14.3. The number of amides is 4. The van der Waals surface area contributed by atoms with E-state index in [1.54, 1.807) is 38.1 Å². The van der Waals surface area contributed by atoms with Crippen LogP contribution in [-0.2, 0) is 11.8 Å². The molecule has 6 rings (SSSR count). The number of ether oxygens (including phenoxy) is 3. The Kier molecular flexibility index (Phi) is 9.95. The summed E-state index contributed by atoms with van der Waals surface area (Å²) in [5.74, 6) is 2.54. The molecule has 2 unspecified atom stereocenters. The Morgan fingerprint density at radius 1 is 0.800 bits per heavy atom. The van der Waals surface area contributed by atoms with Crippen LogP contribution in [0.3, 0.4) is 0 Å². The van der Waals surface area contributed by atoms with Gasteiger partial charge >= 0.3 is 12.1 Å². The number of aryl methyl sites for hydroxylation is 1. The fourth-order valence-electron chi connectivity index (χ4n) is 7.18. The van der Waals surface area contributed by atoms with Gasteiger partial charge in [-0.1, -0.05) is 50.6 Å². The monoisotopic (exact) mass is 680 g/mol. The molecule has 0 spiro atoms. The van der Waals surface area contributed by atoms with Gasteiger partial charge in [0.1, 0.15) is 5.82 Å². The van der Waals surface area contributed by atoms with Crippen molar-refractivity contribution in [2.75, 3.05) is 37.3 Å². The van der Waals surface area contributed by atoms with E-state index in [0.717, 1.165) is 49.0 Å². The zero-order valence-corrected chi connectivity index (χ0v) is 30.0. The van der Waals surface area contributed by atoms with E-state index in [2.05, 4.69) is 48.9 Å². The highest BCUT2D eigenvalue weighted by atomic mass is 16.5. The summed E-state index contributed by atoms with van der Waals surface area (Å²) in [7, 11) is 4.67. The summed E-state index contributed by atoms with van der Waals surface area (Å²) in [4.78, 5) is 28.7. The molecule has 2 saturated heterocycles. The molecule has 1 aromatic heterocycles. The molecule has 2 aliphatic rings. The van der Waals surface area contributed by atoms with Crippen LogP contribution in [0.1, 0.15) is 63.3 Å². The van der Waals surface area contributed by atoms with Crippen LogP contribution in [0.2, 0.25) is 0 Å². The minimum atomic E-state index is -0.333. The molecule has 50 heavy (non-hydrogen) atoms. The fraction of sp³-hybridized carbons (Fsp3) is 0.410. The average molecular weight is 681 g/mol. The van der Waals surface area contributed by atoms with Gasteiger partial charge in [-0.05, 0) is 74.8 Å². The third-order valence-corrected chi connectivity index (χ3v) is 9.72. The number of piperidine rings is 1. The van der Waals surface area contributed by atoms with E-state index < -0.39 is 0 Å². The molecule has 0 radical (unpaired) electrons. The molecule has 264 valence electrons. The van der Waals surface area contributed by atoms with Crippen LogP contribution in [0.5, 0.6) is 17.2 Å². The zero-order valence-electron chi connectivity index (χ0n) is 30.0. The van der Waals surface area contributed by atoms with Crippen LogP contribution in [-0.4, -0.2) is 60.2 Å². The molecule has 2 fully saturated rings. The molecular formula is C39H48N6O5. The number of hydrogen-bond acceptors (Lipinski definition) is 6. The lowest BCUT2D eigenvalue weighted by Crippen LogP contribution is -2.48. The lowest BCUT2D eigenvalue weighted by atomic mass is 9.86. The lowest BCUT2D eigenvalue weighted by molar-refractivity contribution is 0.131. The van der Waals surface area contributed by atoms with E-state index in [1.165, 1.54) is 5.56 Å². The Labute approximate surface area is 294 Å². The maximum atomic E-state index is 13.5. The van der Waals surface area contributed by atoms with Gasteiger partial charge < -0.3 is 29.7 Å². The van der Waals surface area contributed by atoms with Crippen molar-refractivity contribution in [2.45, 2.75) is 77.3 Å². The number of nitrogens with zero attached hydrogens (tertiary/aromatic N) is 3. The summed E-state index contributed by atoms with van der Waals surface area (Å²) in [6, 6.07) is 21.5. The number of benzene rings is 3. The molecule has 2 bridgehead atoms. The third-order valence-electron chi connectivity index (χ3n) is 9.72. The quantitative estimate of drug-likeness (QED) is 0.164. The van der Waals surface area contributed by atoms with Gasteiger partial charge in [0.25, 0.3) is 0 Å².